The van der Waals surface area contributed by atoms with E-state index in [1.165, 1.54) is 11.1 Å². The largest absolute Gasteiger partial charge is 0.299 e. The van der Waals surface area contributed by atoms with Crippen molar-refractivity contribution in [3.05, 3.63) is 58.3 Å². The third kappa shape index (κ3) is 1.85. The number of hydrogen-bond acceptors (Lipinski definition) is 1. The van der Waals surface area contributed by atoms with Crippen LogP contribution < -0.4 is 0 Å². The van der Waals surface area contributed by atoms with E-state index in [0.29, 0.717) is 0 Å². The van der Waals surface area contributed by atoms with Gasteiger partial charge in [0.1, 0.15) is 5.65 Å². The second-order valence-corrected chi connectivity index (χ2v) is 5.40. The summed E-state index contributed by atoms with van der Waals surface area (Å²) in [6.45, 7) is 4.14. The standard InChI is InChI=1S/C15H13BrN2/c1-10-7-8-18-14(9-10)17-11(2)15(18)12-3-5-13(16)6-4-12/h3-9H,1-2H3. The van der Waals surface area contributed by atoms with E-state index >= 15 is 0 Å². The third-order valence-electron chi connectivity index (χ3n) is 3.07. The lowest BCUT2D eigenvalue weighted by atomic mass is 10.1. The highest BCUT2D eigenvalue weighted by Crippen LogP contribution is 2.26. The number of imidazole rings is 1. The molecule has 0 aliphatic rings. The van der Waals surface area contributed by atoms with E-state index in [1.54, 1.807) is 0 Å². The molecule has 90 valence electrons. The van der Waals surface area contributed by atoms with E-state index in [0.717, 1.165) is 21.5 Å². The molecule has 0 amide bonds. The number of rotatable bonds is 1. The van der Waals surface area contributed by atoms with Crippen LogP contribution in [0, 0.1) is 13.8 Å². The molecule has 0 saturated heterocycles. The van der Waals surface area contributed by atoms with Gasteiger partial charge in [-0.1, -0.05) is 28.1 Å². The van der Waals surface area contributed by atoms with Gasteiger partial charge in [-0.3, -0.25) is 4.40 Å². The molecule has 0 bridgehead atoms. The molecule has 0 atom stereocenters. The summed E-state index contributed by atoms with van der Waals surface area (Å²) in [6.07, 6.45) is 2.09. The van der Waals surface area contributed by atoms with Crippen molar-refractivity contribution in [1.29, 1.82) is 0 Å². The van der Waals surface area contributed by atoms with Gasteiger partial charge in [-0.2, -0.15) is 0 Å². The maximum Gasteiger partial charge on any atom is 0.137 e. The van der Waals surface area contributed by atoms with Crippen LogP contribution in [0.25, 0.3) is 16.9 Å². The third-order valence-corrected chi connectivity index (χ3v) is 3.60. The van der Waals surface area contributed by atoms with Gasteiger partial charge in [0.25, 0.3) is 0 Å². The molecular formula is C15H13BrN2. The molecule has 0 radical (unpaired) electrons. The maximum absolute atomic E-state index is 4.62. The van der Waals surface area contributed by atoms with Crippen LogP contribution >= 0.6 is 15.9 Å². The molecule has 3 rings (SSSR count). The lowest BCUT2D eigenvalue weighted by molar-refractivity contribution is 1.17. The van der Waals surface area contributed by atoms with E-state index in [-0.39, 0.29) is 0 Å². The van der Waals surface area contributed by atoms with Gasteiger partial charge < -0.3 is 0 Å². The van der Waals surface area contributed by atoms with Gasteiger partial charge in [-0.25, -0.2) is 4.98 Å². The summed E-state index contributed by atoms with van der Waals surface area (Å²) in [5, 5.41) is 0. The van der Waals surface area contributed by atoms with Crippen molar-refractivity contribution in [2.24, 2.45) is 0 Å². The average molecular weight is 301 g/mol. The minimum absolute atomic E-state index is 1.01. The molecule has 0 N–H and O–H groups in total. The molecule has 1 aromatic carbocycles. The monoisotopic (exact) mass is 300 g/mol. The van der Waals surface area contributed by atoms with Gasteiger partial charge >= 0.3 is 0 Å². The fraction of sp³-hybridized carbons (Fsp3) is 0.133. The van der Waals surface area contributed by atoms with Crippen molar-refractivity contribution in [2.75, 3.05) is 0 Å². The number of nitrogens with zero attached hydrogens (tertiary/aromatic N) is 2. The Bertz CT molecular complexity index is 711. The SMILES string of the molecule is Cc1ccn2c(-c3ccc(Br)cc3)c(C)nc2c1. The Morgan fingerprint density at radius 1 is 1.06 bits per heavy atom. The fourth-order valence-electron chi connectivity index (χ4n) is 2.22. The van der Waals surface area contributed by atoms with Crippen molar-refractivity contribution in [1.82, 2.24) is 9.38 Å². The zero-order valence-electron chi connectivity index (χ0n) is 10.3. The number of aromatic nitrogens is 2. The molecule has 2 heterocycles. The molecule has 18 heavy (non-hydrogen) atoms. The van der Waals surface area contributed by atoms with E-state index in [4.69, 9.17) is 0 Å². The van der Waals surface area contributed by atoms with Crippen LogP contribution in [-0.2, 0) is 0 Å². The fourth-order valence-corrected chi connectivity index (χ4v) is 2.48. The van der Waals surface area contributed by atoms with Crippen LogP contribution in [0.15, 0.2) is 47.1 Å². The molecule has 3 heteroatoms. The highest BCUT2D eigenvalue weighted by Gasteiger charge is 2.10. The second kappa shape index (κ2) is 4.25. The Morgan fingerprint density at radius 2 is 1.78 bits per heavy atom. The van der Waals surface area contributed by atoms with E-state index in [2.05, 4.69) is 81.8 Å². The van der Waals surface area contributed by atoms with Crippen LogP contribution in [0.4, 0.5) is 0 Å². The Labute approximate surface area is 114 Å². The average Bonchev–Trinajstić information content (AvgIpc) is 2.65. The van der Waals surface area contributed by atoms with Gasteiger partial charge in [0.2, 0.25) is 0 Å². The minimum Gasteiger partial charge on any atom is -0.299 e. The van der Waals surface area contributed by atoms with E-state index < -0.39 is 0 Å². The first-order valence-corrected chi connectivity index (χ1v) is 6.66. The minimum atomic E-state index is 1.01. The molecule has 0 aliphatic carbocycles. The predicted molar refractivity (Wildman–Crippen MR) is 77.8 cm³/mol. The van der Waals surface area contributed by atoms with Crippen LogP contribution in [0.5, 0.6) is 0 Å². The highest BCUT2D eigenvalue weighted by molar-refractivity contribution is 9.10. The molecule has 0 fully saturated rings. The zero-order chi connectivity index (χ0) is 12.7. The summed E-state index contributed by atoms with van der Waals surface area (Å²) in [5.74, 6) is 0. The highest BCUT2D eigenvalue weighted by atomic mass is 79.9. The number of hydrogen-bond donors (Lipinski definition) is 0. The Morgan fingerprint density at radius 3 is 2.50 bits per heavy atom. The van der Waals surface area contributed by atoms with Crippen molar-refractivity contribution in [2.45, 2.75) is 13.8 Å². The number of fused-ring (bicyclic) bond motifs is 1. The van der Waals surface area contributed by atoms with E-state index in [9.17, 15) is 0 Å². The Kier molecular flexibility index (Phi) is 2.71. The number of halogens is 1. The van der Waals surface area contributed by atoms with Crippen molar-refractivity contribution < 1.29 is 0 Å². The molecule has 0 spiro atoms. The predicted octanol–water partition coefficient (Wildman–Crippen LogP) is 4.38. The molecule has 0 saturated carbocycles. The zero-order valence-corrected chi connectivity index (χ0v) is 11.9. The van der Waals surface area contributed by atoms with E-state index in [1.807, 2.05) is 0 Å². The number of benzene rings is 1. The first kappa shape index (κ1) is 11.5. The smallest absolute Gasteiger partial charge is 0.137 e. The molecular weight excluding hydrogens is 288 g/mol. The summed E-state index contributed by atoms with van der Waals surface area (Å²) in [5.41, 5.74) is 5.65. The van der Waals surface area contributed by atoms with Crippen molar-refractivity contribution >= 4 is 21.6 Å². The lowest BCUT2D eigenvalue weighted by Crippen LogP contribution is -1.89. The summed E-state index contributed by atoms with van der Waals surface area (Å²) < 4.78 is 3.24. The molecule has 2 aromatic heterocycles. The number of pyridine rings is 1. The van der Waals surface area contributed by atoms with Crippen LogP contribution in [0.2, 0.25) is 0 Å². The maximum atomic E-state index is 4.62. The second-order valence-electron chi connectivity index (χ2n) is 4.49. The van der Waals surface area contributed by atoms with Gasteiger partial charge in [0, 0.05) is 16.2 Å². The topological polar surface area (TPSA) is 17.3 Å². The summed E-state index contributed by atoms with van der Waals surface area (Å²) in [6, 6.07) is 12.6. The molecule has 0 unspecified atom stereocenters. The van der Waals surface area contributed by atoms with Crippen LogP contribution in [-0.4, -0.2) is 9.38 Å². The quantitative estimate of drug-likeness (QED) is 0.652. The normalized spacial score (nSPS) is 11.1. The van der Waals surface area contributed by atoms with Gasteiger partial charge in [0.05, 0.1) is 11.4 Å². The van der Waals surface area contributed by atoms with Gasteiger partial charge in [-0.05, 0) is 43.7 Å². The van der Waals surface area contributed by atoms with Crippen LogP contribution in [0.3, 0.4) is 0 Å². The number of aryl methyl sites for hydroxylation is 2. The first-order valence-electron chi connectivity index (χ1n) is 5.86. The van der Waals surface area contributed by atoms with Gasteiger partial charge in [0.15, 0.2) is 0 Å². The Balaban J connectivity index is 2.28. The molecule has 3 aromatic rings. The van der Waals surface area contributed by atoms with Crippen molar-refractivity contribution in [3.8, 4) is 11.3 Å². The van der Waals surface area contributed by atoms with Gasteiger partial charge in [-0.15, -0.1) is 0 Å². The lowest BCUT2D eigenvalue weighted by Gasteiger charge is -2.04. The Hall–Kier alpha value is -1.61. The summed E-state index contributed by atoms with van der Waals surface area (Å²) >= 11 is 3.46. The summed E-state index contributed by atoms with van der Waals surface area (Å²) in [7, 11) is 0. The molecule has 2 nitrogen and oxygen atoms in total. The first-order chi connectivity index (χ1) is 8.65. The van der Waals surface area contributed by atoms with Crippen LogP contribution in [0.1, 0.15) is 11.3 Å². The molecule has 0 aliphatic heterocycles. The van der Waals surface area contributed by atoms with Crippen molar-refractivity contribution in [3.63, 3.8) is 0 Å². The summed E-state index contributed by atoms with van der Waals surface area (Å²) in [4.78, 5) is 4.62.